The number of carboxylic acid groups (broad SMARTS) is 2. The molecule has 0 fully saturated rings. The Labute approximate surface area is 93.5 Å². The van der Waals surface area contributed by atoms with Crippen molar-refractivity contribution in [1.29, 1.82) is 0 Å². The number of carbonyl (C=O) groups is 2. The average molecular weight is 222 g/mol. The quantitative estimate of drug-likeness (QED) is 0.813. The van der Waals surface area contributed by atoms with E-state index < -0.39 is 23.3 Å². The maximum absolute atomic E-state index is 11.3. The molecular weight excluding hydrogens is 208 g/mol. The zero-order valence-electron chi connectivity index (χ0n) is 9.18. The number of aliphatic carboxylic acids is 2. The lowest BCUT2D eigenvalue weighted by Gasteiger charge is -2.29. The van der Waals surface area contributed by atoms with Crippen LogP contribution in [0.2, 0.25) is 0 Å². The summed E-state index contributed by atoms with van der Waals surface area (Å²) in [5.74, 6) is -3.24. The molecule has 0 radical (unpaired) electrons. The van der Waals surface area contributed by atoms with Gasteiger partial charge in [0.15, 0.2) is 0 Å². The monoisotopic (exact) mass is 222 g/mol. The van der Waals surface area contributed by atoms with E-state index in [0.29, 0.717) is 5.56 Å². The first kappa shape index (κ1) is 12.2. The van der Waals surface area contributed by atoms with E-state index in [0.717, 1.165) is 0 Å². The van der Waals surface area contributed by atoms with Gasteiger partial charge in [-0.3, -0.25) is 9.59 Å². The molecule has 1 rings (SSSR count). The Bertz CT molecular complexity index is 399. The lowest BCUT2D eigenvalue weighted by molar-refractivity contribution is -0.154. The number of hydrogen-bond acceptors (Lipinski definition) is 2. The Morgan fingerprint density at radius 1 is 1.19 bits per heavy atom. The van der Waals surface area contributed by atoms with Crippen LogP contribution in [0.15, 0.2) is 30.3 Å². The van der Waals surface area contributed by atoms with Gasteiger partial charge in [-0.25, -0.2) is 0 Å². The van der Waals surface area contributed by atoms with E-state index >= 15 is 0 Å². The minimum atomic E-state index is -1.41. The maximum Gasteiger partial charge on any atom is 0.314 e. The van der Waals surface area contributed by atoms with Gasteiger partial charge < -0.3 is 10.2 Å². The molecule has 86 valence electrons. The SMILES string of the molecule is C[C@H](C(=O)O)[C@](C)(C(=O)O)c1ccccc1. The summed E-state index contributed by atoms with van der Waals surface area (Å²) in [5.41, 5.74) is -0.912. The van der Waals surface area contributed by atoms with E-state index in [-0.39, 0.29) is 0 Å². The van der Waals surface area contributed by atoms with Crippen molar-refractivity contribution in [1.82, 2.24) is 0 Å². The standard InChI is InChI=1S/C12H14O4/c1-8(10(13)14)12(2,11(15)16)9-6-4-3-5-7-9/h3-8H,1-2H3,(H,13,14)(H,15,16)/t8-,12+/m1/s1. The first-order valence-corrected chi connectivity index (χ1v) is 4.92. The van der Waals surface area contributed by atoms with Crippen molar-refractivity contribution in [2.75, 3.05) is 0 Å². The minimum Gasteiger partial charge on any atom is -0.481 e. The average Bonchev–Trinajstić information content (AvgIpc) is 2.27. The third kappa shape index (κ3) is 1.91. The summed E-state index contributed by atoms with van der Waals surface area (Å²) in [4.78, 5) is 22.3. The van der Waals surface area contributed by atoms with Crippen molar-refractivity contribution in [3.05, 3.63) is 35.9 Å². The summed E-state index contributed by atoms with van der Waals surface area (Å²) in [7, 11) is 0. The molecule has 0 spiro atoms. The number of hydrogen-bond donors (Lipinski definition) is 2. The molecule has 4 nitrogen and oxygen atoms in total. The third-order valence-electron chi connectivity index (χ3n) is 3.05. The molecular formula is C12H14O4. The molecule has 16 heavy (non-hydrogen) atoms. The second kappa shape index (κ2) is 4.35. The van der Waals surface area contributed by atoms with Crippen molar-refractivity contribution in [3.63, 3.8) is 0 Å². The molecule has 2 N–H and O–H groups in total. The van der Waals surface area contributed by atoms with Gasteiger partial charge in [0.25, 0.3) is 0 Å². The molecule has 0 saturated heterocycles. The molecule has 0 aromatic heterocycles. The fourth-order valence-corrected chi connectivity index (χ4v) is 1.59. The van der Waals surface area contributed by atoms with Crippen LogP contribution >= 0.6 is 0 Å². The molecule has 0 unspecified atom stereocenters. The van der Waals surface area contributed by atoms with Crippen LogP contribution in [0, 0.1) is 5.92 Å². The van der Waals surface area contributed by atoms with E-state index in [1.165, 1.54) is 13.8 Å². The molecule has 0 saturated carbocycles. The van der Waals surface area contributed by atoms with Crippen LogP contribution in [-0.2, 0) is 15.0 Å². The summed E-state index contributed by atoms with van der Waals surface area (Å²) in [6.07, 6.45) is 0. The topological polar surface area (TPSA) is 74.6 Å². The van der Waals surface area contributed by atoms with Crippen molar-refractivity contribution in [2.45, 2.75) is 19.3 Å². The molecule has 0 heterocycles. The van der Waals surface area contributed by atoms with Crippen LogP contribution in [0.4, 0.5) is 0 Å². The summed E-state index contributed by atoms with van der Waals surface area (Å²) in [6.45, 7) is 2.84. The van der Waals surface area contributed by atoms with Gasteiger partial charge in [0.05, 0.1) is 5.92 Å². The molecule has 0 aliphatic rings. The van der Waals surface area contributed by atoms with E-state index in [4.69, 9.17) is 5.11 Å². The largest absolute Gasteiger partial charge is 0.481 e. The Kier molecular flexibility index (Phi) is 3.32. The molecule has 1 aromatic carbocycles. The zero-order chi connectivity index (χ0) is 12.3. The summed E-state index contributed by atoms with van der Waals surface area (Å²) in [5, 5.41) is 18.2. The van der Waals surface area contributed by atoms with Crippen LogP contribution in [-0.4, -0.2) is 22.2 Å². The molecule has 4 heteroatoms. The van der Waals surface area contributed by atoms with E-state index in [9.17, 15) is 14.7 Å². The number of rotatable bonds is 4. The molecule has 2 atom stereocenters. The Balaban J connectivity index is 3.28. The maximum atomic E-state index is 11.3. The number of carboxylic acids is 2. The predicted octanol–water partition coefficient (Wildman–Crippen LogP) is 1.75. The molecule has 0 aliphatic carbocycles. The summed E-state index contributed by atoms with van der Waals surface area (Å²) in [6, 6.07) is 8.43. The highest BCUT2D eigenvalue weighted by Gasteiger charge is 2.44. The fourth-order valence-electron chi connectivity index (χ4n) is 1.59. The van der Waals surface area contributed by atoms with Gasteiger partial charge in [0.2, 0.25) is 0 Å². The smallest absolute Gasteiger partial charge is 0.314 e. The van der Waals surface area contributed by atoms with Crippen LogP contribution < -0.4 is 0 Å². The van der Waals surface area contributed by atoms with Gasteiger partial charge in [-0.2, -0.15) is 0 Å². The van der Waals surface area contributed by atoms with Gasteiger partial charge >= 0.3 is 11.9 Å². The fraction of sp³-hybridized carbons (Fsp3) is 0.333. The molecule has 0 amide bonds. The second-order valence-corrected chi connectivity index (χ2v) is 3.93. The van der Waals surface area contributed by atoms with Crippen molar-refractivity contribution >= 4 is 11.9 Å². The molecule has 0 bridgehead atoms. The van der Waals surface area contributed by atoms with Crippen LogP contribution in [0.25, 0.3) is 0 Å². The molecule has 0 aliphatic heterocycles. The zero-order valence-corrected chi connectivity index (χ0v) is 9.18. The molecule has 1 aromatic rings. The van der Waals surface area contributed by atoms with Crippen LogP contribution in [0.1, 0.15) is 19.4 Å². The minimum absolute atomic E-state index is 0.498. The van der Waals surface area contributed by atoms with E-state index in [1.807, 2.05) is 0 Å². The van der Waals surface area contributed by atoms with Crippen molar-refractivity contribution < 1.29 is 19.8 Å². The normalized spacial score (nSPS) is 16.1. The predicted molar refractivity (Wildman–Crippen MR) is 58.2 cm³/mol. The number of benzene rings is 1. The Morgan fingerprint density at radius 3 is 2.06 bits per heavy atom. The van der Waals surface area contributed by atoms with Gasteiger partial charge in [-0.1, -0.05) is 37.3 Å². The van der Waals surface area contributed by atoms with Gasteiger partial charge in [-0.15, -0.1) is 0 Å². The Hall–Kier alpha value is -1.84. The highest BCUT2D eigenvalue weighted by Crippen LogP contribution is 2.32. The highest BCUT2D eigenvalue weighted by atomic mass is 16.4. The third-order valence-corrected chi connectivity index (χ3v) is 3.05. The summed E-state index contributed by atoms with van der Waals surface area (Å²) >= 11 is 0. The lowest BCUT2D eigenvalue weighted by atomic mass is 9.72. The Morgan fingerprint density at radius 2 is 1.69 bits per heavy atom. The van der Waals surface area contributed by atoms with Crippen LogP contribution in [0.3, 0.4) is 0 Å². The first-order chi connectivity index (χ1) is 7.40. The van der Waals surface area contributed by atoms with E-state index in [2.05, 4.69) is 0 Å². The second-order valence-electron chi connectivity index (χ2n) is 3.93. The van der Waals surface area contributed by atoms with Gasteiger partial charge in [0.1, 0.15) is 5.41 Å². The first-order valence-electron chi connectivity index (χ1n) is 4.92. The highest BCUT2D eigenvalue weighted by molar-refractivity contribution is 5.88. The lowest BCUT2D eigenvalue weighted by Crippen LogP contribution is -2.42. The van der Waals surface area contributed by atoms with E-state index in [1.54, 1.807) is 30.3 Å². The van der Waals surface area contributed by atoms with Gasteiger partial charge in [-0.05, 0) is 12.5 Å². The van der Waals surface area contributed by atoms with Crippen LogP contribution in [0.5, 0.6) is 0 Å². The van der Waals surface area contributed by atoms with Crippen molar-refractivity contribution in [2.24, 2.45) is 5.92 Å². The van der Waals surface area contributed by atoms with Gasteiger partial charge in [0, 0.05) is 0 Å². The van der Waals surface area contributed by atoms with Crippen molar-refractivity contribution in [3.8, 4) is 0 Å². The summed E-state index contributed by atoms with van der Waals surface area (Å²) < 4.78 is 0.